The smallest absolute Gasteiger partial charge is 0.275 e. The summed E-state index contributed by atoms with van der Waals surface area (Å²) in [7, 11) is 3.97. The first-order valence-corrected chi connectivity index (χ1v) is 9.89. The number of nitrogens with zero attached hydrogens (tertiary/aromatic N) is 2. The molecule has 5 nitrogen and oxygen atoms in total. The van der Waals surface area contributed by atoms with Crippen LogP contribution in [0.5, 0.6) is 5.75 Å². The Kier molecular flexibility index (Phi) is 7.03. The average molecular weight is 452 g/mol. The summed E-state index contributed by atoms with van der Waals surface area (Å²) in [6.45, 7) is 0.366. The molecule has 0 unspecified atom stereocenters. The second-order valence-electron chi connectivity index (χ2n) is 6.60. The van der Waals surface area contributed by atoms with Gasteiger partial charge in [0.1, 0.15) is 12.4 Å². The van der Waals surface area contributed by atoms with E-state index in [0.29, 0.717) is 17.9 Å². The van der Waals surface area contributed by atoms with Crippen LogP contribution in [0.2, 0.25) is 0 Å². The molecule has 0 aliphatic rings. The molecule has 3 aromatic carbocycles. The Labute approximate surface area is 179 Å². The van der Waals surface area contributed by atoms with Crippen LogP contribution in [0.15, 0.2) is 82.4 Å². The predicted octanol–water partition coefficient (Wildman–Crippen LogP) is 4.86. The first kappa shape index (κ1) is 20.6. The number of hydrazone groups is 1. The quantitative estimate of drug-likeness (QED) is 0.412. The normalized spacial score (nSPS) is 10.7. The van der Waals surface area contributed by atoms with Gasteiger partial charge < -0.3 is 9.64 Å². The number of benzene rings is 3. The summed E-state index contributed by atoms with van der Waals surface area (Å²) >= 11 is 3.45. The van der Waals surface area contributed by atoms with Crippen molar-refractivity contribution in [3.8, 4) is 5.75 Å². The molecule has 1 N–H and O–H groups in total. The van der Waals surface area contributed by atoms with E-state index in [1.807, 2.05) is 73.6 Å². The molecule has 0 aliphatic carbocycles. The lowest BCUT2D eigenvalue weighted by Crippen LogP contribution is -2.18. The molecule has 0 saturated carbocycles. The molecule has 0 aliphatic heterocycles. The number of hydrogen-bond acceptors (Lipinski definition) is 4. The fraction of sp³-hybridized carbons (Fsp3) is 0.130. The molecule has 0 heterocycles. The highest BCUT2D eigenvalue weighted by atomic mass is 79.9. The van der Waals surface area contributed by atoms with Crippen molar-refractivity contribution in [3.63, 3.8) is 0 Å². The number of anilines is 1. The number of hydrogen-bond donors (Lipinski definition) is 1. The van der Waals surface area contributed by atoms with Crippen LogP contribution in [0.1, 0.15) is 21.5 Å². The third kappa shape index (κ3) is 5.93. The van der Waals surface area contributed by atoms with Gasteiger partial charge in [-0.25, -0.2) is 5.43 Å². The van der Waals surface area contributed by atoms with E-state index in [9.17, 15) is 4.79 Å². The molecule has 3 aromatic rings. The fourth-order valence-electron chi connectivity index (χ4n) is 2.65. The van der Waals surface area contributed by atoms with Crippen molar-refractivity contribution in [1.29, 1.82) is 0 Å². The highest BCUT2D eigenvalue weighted by molar-refractivity contribution is 9.10. The predicted molar refractivity (Wildman–Crippen MR) is 121 cm³/mol. The zero-order valence-electron chi connectivity index (χ0n) is 16.3. The lowest BCUT2D eigenvalue weighted by Gasteiger charge is -2.11. The fourth-order valence-corrected chi connectivity index (χ4v) is 3.10. The lowest BCUT2D eigenvalue weighted by molar-refractivity contribution is 0.0950. The van der Waals surface area contributed by atoms with Gasteiger partial charge in [-0.15, -0.1) is 0 Å². The number of halogens is 1. The molecule has 0 spiro atoms. The third-order valence-corrected chi connectivity index (χ3v) is 4.70. The molecule has 1 amide bonds. The summed E-state index contributed by atoms with van der Waals surface area (Å²) in [4.78, 5) is 14.6. The van der Waals surface area contributed by atoms with Crippen molar-refractivity contribution in [1.82, 2.24) is 5.43 Å². The molecule has 0 radical (unpaired) electrons. The first-order chi connectivity index (χ1) is 14.0. The average Bonchev–Trinajstić information content (AvgIpc) is 2.73. The Balaban J connectivity index is 1.63. The zero-order valence-corrected chi connectivity index (χ0v) is 17.9. The SMILES string of the molecule is CN(C)c1ccc(/C=N/NC(=O)c2ccccc2OCc2cccc(Br)c2)cc1. The number of carbonyl (C=O) groups excluding carboxylic acids is 1. The van der Waals surface area contributed by atoms with Gasteiger partial charge in [-0.3, -0.25) is 4.79 Å². The first-order valence-electron chi connectivity index (χ1n) is 9.10. The van der Waals surface area contributed by atoms with Crippen molar-refractivity contribution in [2.75, 3.05) is 19.0 Å². The Morgan fingerprint density at radius 1 is 1.07 bits per heavy atom. The molecular weight excluding hydrogens is 430 g/mol. The Bertz CT molecular complexity index is 1000. The van der Waals surface area contributed by atoms with Crippen LogP contribution in [-0.2, 0) is 6.61 Å². The minimum Gasteiger partial charge on any atom is -0.488 e. The Hall–Kier alpha value is -3.12. The second kappa shape index (κ2) is 9.89. The van der Waals surface area contributed by atoms with Gasteiger partial charge in [0.2, 0.25) is 0 Å². The van der Waals surface area contributed by atoms with Crippen LogP contribution in [0.3, 0.4) is 0 Å². The van der Waals surface area contributed by atoms with Crippen LogP contribution in [0.4, 0.5) is 5.69 Å². The van der Waals surface area contributed by atoms with Crippen LogP contribution in [-0.4, -0.2) is 26.2 Å². The molecular formula is C23H22BrN3O2. The van der Waals surface area contributed by atoms with Crippen molar-refractivity contribution in [2.24, 2.45) is 5.10 Å². The maximum atomic E-state index is 12.5. The van der Waals surface area contributed by atoms with Crippen molar-refractivity contribution >= 4 is 33.7 Å². The number of nitrogens with one attached hydrogen (secondary N) is 1. The maximum Gasteiger partial charge on any atom is 0.275 e. The second-order valence-corrected chi connectivity index (χ2v) is 7.52. The molecule has 0 aromatic heterocycles. The molecule has 0 atom stereocenters. The van der Waals surface area contributed by atoms with E-state index >= 15 is 0 Å². The van der Waals surface area contributed by atoms with Gasteiger partial charge in [0.15, 0.2) is 0 Å². The molecule has 0 saturated heterocycles. The zero-order chi connectivity index (χ0) is 20.6. The van der Waals surface area contributed by atoms with E-state index in [-0.39, 0.29) is 5.91 Å². The number of para-hydroxylation sites is 1. The molecule has 6 heteroatoms. The van der Waals surface area contributed by atoms with Crippen molar-refractivity contribution < 1.29 is 9.53 Å². The number of amides is 1. The molecule has 0 fully saturated rings. The highest BCUT2D eigenvalue weighted by Gasteiger charge is 2.11. The van der Waals surface area contributed by atoms with Crippen LogP contribution < -0.4 is 15.1 Å². The van der Waals surface area contributed by atoms with Gasteiger partial charge in [-0.2, -0.15) is 5.10 Å². The van der Waals surface area contributed by atoms with Crippen LogP contribution in [0, 0.1) is 0 Å². The summed E-state index contributed by atoms with van der Waals surface area (Å²) < 4.78 is 6.85. The van der Waals surface area contributed by atoms with Gasteiger partial charge in [-0.1, -0.05) is 52.3 Å². The minimum atomic E-state index is -0.323. The van der Waals surface area contributed by atoms with E-state index in [2.05, 4.69) is 26.5 Å². The van der Waals surface area contributed by atoms with Gasteiger partial charge in [-0.05, 0) is 47.5 Å². The lowest BCUT2D eigenvalue weighted by atomic mass is 10.2. The Morgan fingerprint density at radius 2 is 1.83 bits per heavy atom. The topological polar surface area (TPSA) is 53.9 Å². The number of rotatable bonds is 7. The third-order valence-electron chi connectivity index (χ3n) is 4.20. The summed E-state index contributed by atoms with van der Waals surface area (Å²) in [6, 6.07) is 22.9. The van der Waals surface area contributed by atoms with Crippen LogP contribution >= 0.6 is 15.9 Å². The standard InChI is InChI=1S/C23H22BrN3O2/c1-27(2)20-12-10-17(11-13-20)15-25-26-23(28)21-8-3-4-9-22(21)29-16-18-6-5-7-19(24)14-18/h3-15H,16H2,1-2H3,(H,26,28)/b25-15+. The summed E-state index contributed by atoms with van der Waals surface area (Å²) in [5.41, 5.74) is 6.00. The monoisotopic (exact) mass is 451 g/mol. The molecule has 148 valence electrons. The van der Waals surface area contributed by atoms with Crippen LogP contribution in [0.25, 0.3) is 0 Å². The van der Waals surface area contributed by atoms with Crippen molar-refractivity contribution in [2.45, 2.75) is 6.61 Å². The van der Waals surface area contributed by atoms with Crippen molar-refractivity contribution in [3.05, 3.63) is 94.0 Å². The highest BCUT2D eigenvalue weighted by Crippen LogP contribution is 2.20. The van der Waals surface area contributed by atoms with Gasteiger partial charge in [0.05, 0.1) is 11.8 Å². The van der Waals surface area contributed by atoms with E-state index in [1.54, 1.807) is 24.4 Å². The Morgan fingerprint density at radius 3 is 2.55 bits per heavy atom. The van der Waals surface area contributed by atoms with E-state index in [4.69, 9.17) is 4.74 Å². The van der Waals surface area contributed by atoms with Gasteiger partial charge >= 0.3 is 0 Å². The maximum absolute atomic E-state index is 12.5. The van der Waals surface area contributed by atoms with E-state index in [0.717, 1.165) is 21.3 Å². The summed E-state index contributed by atoms with van der Waals surface area (Å²) in [5.74, 6) is 0.187. The number of carbonyl (C=O) groups is 1. The van der Waals surface area contributed by atoms with E-state index < -0.39 is 0 Å². The molecule has 0 bridgehead atoms. The van der Waals surface area contributed by atoms with E-state index in [1.165, 1.54) is 0 Å². The summed E-state index contributed by atoms with van der Waals surface area (Å²) in [5, 5.41) is 4.06. The van der Waals surface area contributed by atoms with Gasteiger partial charge in [0, 0.05) is 24.3 Å². The summed E-state index contributed by atoms with van der Waals surface area (Å²) in [6.07, 6.45) is 1.61. The largest absolute Gasteiger partial charge is 0.488 e. The minimum absolute atomic E-state index is 0.323. The number of ether oxygens (including phenoxy) is 1. The van der Waals surface area contributed by atoms with Gasteiger partial charge in [0.25, 0.3) is 5.91 Å². The molecule has 29 heavy (non-hydrogen) atoms. The molecule has 3 rings (SSSR count).